The van der Waals surface area contributed by atoms with E-state index in [9.17, 15) is 18.0 Å². The number of nitrogens with one attached hydrogen (secondary N) is 2. The number of benzene rings is 2. The number of carbonyl (C=O) groups is 2. The van der Waals surface area contributed by atoms with Gasteiger partial charge in [0.1, 0.15) is 5.75 Å². The molecule has 0 aromatic heterocycles. The summed E-state index contributed by atoms with van der Waals surface area (Å²) in [5.41, 5.74) is 1.76. The van der Waals surface area contributed by atoms with Crippen molar-refractivity contribution < 1.29 is 22.7 Å². The molecule has 1 saturated heterocycles. The minimum atomic E-state index is -3.29. The van der Waals surface area contributed by atoms with E-state index >= 15 is 0 Å². The lowest BCUT2D eigenvalue weighted by Gasteiger charge is -2.28. The maximum absolute atomic E-state index is 12.2. The van der Waals surface area contributed by atoms with Crippen molar-refractivity contribution in [1.82, 2.24) is 5.32 Å². The molecule has 1 heterocycles. The Morgan fingerprint density at radius 1 is 1.07 bits per heavy atom. The summed E-state index contributed by atoms with van der Waals surface area (Å²) in [6.07, 6.45) is 1.48. The molecule has 2 N–H and O–H groups in total. The summed E-state index contributed by atoms with van der Waals surface area (Å²) in [5, 5.41) is 5.06. The number of methoxy groups -OCH3 is 1. The molecule has 0 unspecified atom stereocenters. The molecular weight excluding hydrogens is 394 g/mol. The number of hydrogen-bond donors (Lipinski definition) is 2. The van der Waals surface area contributed by atoms with Crippen LogP contribution in [0.3, 0.4) is 0 Å². The predicted octanol–water partition coefficient (Wildman–Crippen LogP) is 1.88. The first kappa shape index (κ1) is 20.7. The van der Waals surface area contributed by atoms with Crippen molar-refractivity contribution in [3.8, 4) is 5.75 Å². The van der Waals surface area contributed by atoms with Gasteiger partial charge in [0, 0.05) is 18.8 Å². The quantitative estimate of drug-likeness (QED) is 0.723. The Hall–Kier alpha value is -3.07. The van der Waals surface area contributed by atoms with Gasteiger partial charge in [0.05, 0.1) is 18.6 Å². The molecule has 0 bridgehead atoms. The predicted molar refractivity (Wildman–Crippen MR) is 110 cm³/mol. The lowest BCUT2D eigenvalue weighted by molar-refractivity contribution is -0.136. The Bertz CT molecular complexity index is 989. The van der Waals surface area contributed by atoms with Gasteiger partial charge in [0.25, 0.3) is 0 Å². The highest BCUT2D eigenvalue weighted by atomic mass is 32.2. The fraction of sp³-hybridized carbons (Fsp3) is 0.300. The normalized spacial score (nSPS) is 15.4. The number of nitrogens with zero attached hydrogens (tertiary/aromatic N) is 1. The summed E-state index contributed by atoms with van der Waals surface area (Å²) in [7, 11) is -1.74. The Morgan fingerprint density at radius 3 is 2.52 bits per heavy atom. The average molecular weight is 417 g/mol. The number of anilines is 2. The zero-order valence-corrected chi connectivity index (χ0v) is 16.9. The number of hydrogen-bond acceptors (Lipinski definition) is 5. The van der Waals surface area contributed by atoms with E-state index in [0.29, 0.717) is 30.1 Å². The number of ether oxygens (including phenoxy) is 1. The zero-order valence-electron chi connectivity index (χ0n) is 16.1. The van der Waals surface area contributed by atoms with E-state index in [1.807, 2.05) is 6.07 Å². The highest BCUT2D eigenvalue weighted by Gasteiger charge is 2.25. The van der Waals surface area contributed by atoms with Crippen LogP contribution >= 0.6 is 0 Å². The lowest BCUT2D eigenvalue weighted by atomic mass is 10.2. The minimum Gasteiger partial charge on any atom is -0.497 e. The first-order valence-corrected chi connectivity index (χ1v) is 10.8. The van der Waals surface area contributed by atoms with Crippen LogP contribution in [0.5, 0.6) is 5.75 Å². The summed E-state index contributed by atoms with van der Waals surface area (Å²) in [6.45, 7) is 0.635. The highest BCUT2D eigenvalue weighted by molar-refractivity contribution is 7.92. The maximum atomic E-state index is 12.2. The molecule has 1 fully saturated rings. The molecule has 3 rings (SSSR count). The van der Waals surface area contributed by atoms with Gasteiger partial charge in [-0.15, -0.1) is 0 Å². The molecule has 9 heteroatoms. The SMILES string of the molecule is COc1cccc(CNC(=O)C(=O)Nc2ccc(N3CCCCS3(=O)=O)cc2)c1. The Morgan fingerprint density at radius 2 is 1.83 bits per heavy atom. The molecule has 8 nitrogen and oxygen atoms in total. The van der Waals surface area contributed by atoms with Crippen LogP contribution in [0.1, 0.15) is 18.4 Å². The third kappa shape index (κ3) is 5.26. The van der Waals surface area contributed by atoms with E-state index in [1.54, 1.807) is 49.6 Å². The van der Waals surface area contributed by atoms with E-state index in [4.69, 9.17) is 4.74 Å². The summed E-state index contributed by atoms with van der Waals surface area (Å²) >= 11 is 0. The molecule has 2 aromatic rings. The number of rotatable bonds is 5. The molecule has 0 saturated carbocycles. The zero-order chi connectivity index (χ0) is 20.9. The van der Waals surface area contributed by atoms with E-state index in [1.165, 1.54) is 4.31 Å². The third-order valence-corrected chi connectivity index (χ3v) is 6.43. The van der Waals surface area contributed by atoms with Gasteiger partial charge >= 0.3 is 11.8 Å². The minimum absolute atomic E-state index is 0.138. The van der Waals surface area contributed by atoms with Gasteiger partial charge in [0.2, 0.25) is 10.0 Å². The van der Waals surface area contributed by atoms with Crippen molar-refractivity contribution in [3.05, 3.63) is 54.1 Å². The summed E-state index contributed by atoms with van der Waals surface area (Å²) in [6, 6.07) is 13.6. The molecule has 1 aliphatic heterocycles. The van der Waals surface area contributed by atoms with Crippen LogP contribution in [-0.2, 0) is 26.2 Å². The molecule has 1 aliphatic rings. The molecule has 154 valence electrons. The van der Waals surface area contributed by atoms with Crippen LogP contribution in [-0.4, -0.2) is 39.6 Å². The molecule has 29 heavy (non-hydrogen) atoms. The highest BCUT2D eigenvalue weighted by Crippen LogP contribution is 2.24. The molecule has 0 radical (unpaired) electrons. The number of sulfonamides is 1. The van der Waals surface area contributed by atoms with Gasteiger partial charge in [-0.25, -0.2) is 8.42 Å². The van der Waals surface area contributed by atoms with E-state index < -0.39 is 21.8 Å². The van der Waals surface area contributed by atoms with Crippen LogP contribution in [0.4, 0.5) is 11.4 Å². The first-order valence-electron chi connectivity index (χ1n) is 9.21. The second-order valence-electron chi connectivity index (χ2n) is 6.63. The fourth-order valence-electron chi connectivity index (χ4n) is 3.02. The van der Waals surface area contributed by atoms with Crippen molar-refractivity contribution in [2.75, 3.05) is 29.0 Å². The van der Waals surface area contributed by atoms with Crippen LogP contribution in [0.15, 0.2) is 48.5 Å². The topological polar surface area (TPSA) is 105 Å². The van der Waals surface area contributed by atoms with Crippen molar-refractivity contribution in [2.45, 2.75) is 19.4 Å². The standard InChI is InChI=1S/C20H23N3O5S/c1-28-18-6-4-5-15(13-18)14-21-19(24)20(25)22-16-7-9-17(10-8-16)23-11-2-3-12-29(23,26)27/h4-10,13H,2-3,11-12,14H2,1H3,(H,21,24)(H,22,25). The second kappa shape index (κ2) is 8.95. The second-order valence-corrected chi connectivity index (χ2v) is 8.64. The van der Waals surface area contributed by atoms with Crippen molar-refractivity contribution >= 4 is 33.2 Å². The average Bonchev–Trinajstić information content (AvgIpc) is 2.72. The van der Waals surface area contributed by atoms with E-state index in [0.717, 1.165) is 12.0 Å². The third-order valence-electron chi connectivity index (χ3n) is 4.56. The first-order chi connectivity index (χ1) is 13.9. The van der Waals surface area contributed by atoms with Gasteiger partial charge < -0.3 is 15.4 Å². The van der Waals surface area contributed by atoms with Crippen LogP contribution in [0, 0.1) is 0 Å². The van der Waals surface area contributed by atoms with Gasteiger partial charge in [-0.1, -0.05) is 12.1 Å². The van der Waals surface area contributed by atoms with E-state index in [-0.39, 0.29) is 12.3 Å². The largest absolute Gasteiger partial charge is 0.497 e. The van der Waals surface area contributed by atoms with Gasteiger partial charge in [-0.3, -0.25) is 13.9 Å². The molecule has 0 atom stereocenters. The maximum Gasteiger partial charge on any atom is 0.313 e. The van der Waals surface area contributed by atoms with Crippen LogP contribution in [0.25, 0.3) is 0 Å². The number of carbonyl (C=O) groups excluding carboxylic acids is 2. The van der Waals surface area contributed by atoms with Crippen LogP contribution < -0.4 is 19.7 Å². The summed E-state index contributed by atoms with van der Waals surface area (Å²) < 4.78 is 30.8. The summed E-state index contributed by atoms with van der Waals surface area (Å²) in [5.74, 6) is -0.766. The van der Waals surface area contributed by atoms with Crippen LogP contribution in [0.2, 0.25) is 0 Å². The Labute approximate surface area is 169 Å². The van der Waals surface area contributed by atoms with Crippen molar-refractivity contribution in [1.29, 1.82) is 0 Å². The monoisotopic (exact) mass is 417 g/mol. The lowest BCUT2D eigenvalue weighted by Crippen LogP contribution is -2.37. The smallest absolute Gasteiger partial charge is 0.313 e. The Balaban J connectivity index is 1.56. The molecule has 2 aromatic carbocycles. The van der Waals surface area contributed by atoms with Crippen molar-refractivity contribution in [2.24, 2.45) is 0 Å². The Kier molecular flexibility index (Phi) is 6.38. The fourth-order valence-corrected chi connectivity index (χ4v) is 4.66. The molecule has 2 amide bonds. The molecule has 0 spiro atoms. The van der Waals surface area contributed by atoms with Gasteiger partial charge in [-0.05, 0) is 54.8 Å². The van der Waals surface area contributed by atoms with Gasteiger partial charge in [0.15, 0.2) is 0 Å². The number of amides is 2. The summed E-state index contributed by atoms with van der Waals surface area (Å²) in [4.78, 5) is 24.1. The van der Waals surface area contributed by atoms with Gasteiger partial charge in [-0.2, -0.15) is 0 Å². The molecular formula is C20H23N3O5S. The molecule has 0 aliphatic carbocycles. The van der Waals surface area contributed by atoms with Crippen molar-refractivity contribution in [3.63, 3.8) is 0 Å². The van der Waals surface area contributed by atoms with E-state index in [2.05, 4.69) is 10.6 Å².